The Morgan fingerprint density at radius 1 is 1.38 bits per heavy atom. The summed E-state index contributed by atoms with van der Waals surface area (Å²) in [6.07, 6.45) is 3.18. The van der Waals surface area contributed by atoms with E-state index in [0.29, 0.717) is 24.4 Å². The van der Waals surface area contributed by atoms with E-state index in [-0.39, 0.29) is 12.5 Å². The molecule has 1 amide bonds. The lowest BCUT2D eigenvalue weighted by molar-refractivity contribution is 0.0944. The van der Waals surface area contributed by atoms with E-state index in [9.17, 15) is 4.79 Å². The molecular weight excluding hydrogens is 266 g/mol. The first kappa shape index (κ1) is 15.3. The van der Waals surface area contributed by atoms with Crippen molar-refractivity contribution in [2.75, 3.05) is 13.2 Å². The summed E-state index contributed by atoms with van der Waals surface area (Å²) in [7, 11) is 0. The molecule has 3 N–H and O–H groups in total. The molecule has 0 fully saturated rings. The number of aromatic nitrogens is 2. The largest absolute Gasteiger partial charge is 0.396 e. The summed E-state index contributed by atoms with van der Waals surface area (Å²) in [5.41, 5.74) is 2.20. The maximum atomic E-state index is 12.3. The van der Waals surface area contributed by atoms with Crippen LogP contribution in [0.2, 0.25) is 0 Å². The minimum atomic E-state index is -0.140. The van der Waals surface area contributed by atoms with Crippen molar-refractivity contribution in [3.63, 3.8) is 0 Å². The summed E-state index contributed by atoms with van der Waals surface area (Å²) in [5, 5.41) is 18.8. The van der Waals surface area contributed by atoms with Crippen LogP contribution >= 0.6 is 0 Å². The van der Waals surface area contributed by atoms with E-state index in [1.54, 1.807) is 6.20 Å². The van der Waals surface area contributed by atoms with Gasteiger partial charge in [-0.1, -0.05) is 43.7 Å². The lowest BCUT2D eigenvalue weighted by Gasteiger charge is -2.14. The number of H-pyrrole nitrogens is 1. The summed E-state index contributed by atoms with van der Waals surface area (Å²) in [4.78, 5) is 12.3. The number of nitrogens with zero attached hydrogens (tertiary/aromatic N) is 1. The molecule has 0 aliphatic carbocycles. The highest BCUT2D eigenvalue weighted by Gasteiger charge is 2.16. The zero-order valence-corrected chi connectivity index (χ0v) is 12.2. The second-order valence-electron chi connectivity index (χ2n) is 5.02. The van der Waals surface area contributed by atoms with E-state index in [4.69, 9.17) is 5.11 Å². The van der Waals surface area contributed by atoms with Crippen LogP contribution in [0.5, 0.6) is 0 Å². The molecule has 2 rings (SSSR count). The lowest BCUT2D eigenvalue weighted by Crippen LogP contribution is -2.29. The Morgan fingerprint density at radius 2 is 2.14 bits per heavy atom. The Kier molecular flexibility index (Phi) is 5.51. The number of benzene rings is 1. The molecule has 112 valence electrons. The molecule has 0 aliphatic heterocycles. The van der Waals surface area contributed by atoms with Gasteiger partial charge in [0, 0.05) is 18.7 Å². The number of hydrogen-bond donors (Lipinski definition) is 3. The maximum absolute atomic E-state index is 12.3. The summed E-state index contributed by atoms with van der Waals surface area (Å²) < 4.78 is 0. The van der Waals surface area contributed by atoms with Crippen LogP contribution in [-0.2, 0) is 0 Å². The van der Waals surface area contributed by atoms with Crippen LogP contribution in [-0.4, -0.2) is 34.4 Å². The molecule has 0 aliphatic rings. The number of aliphatic hydroxyl groups excluding tert-OH is 1. The third kappa shape index (κ3) is 3.92. The molecule has 1 aromatic heterocycles. The molecule has 0 radical (unpaired) electrons. The van der Waals surface area contributed by atoms with Crippen molar-refractivity contribution in [3.8, 4) is 11.3 Å². The van der Waals surface area contributed by atoms with Crippen LogP contribution in [0.1, 0.15) is 30.1 Å². The molecule has 0 bridgehead atoms. The number of amides is 1. The highest BCUT2D eigenvalue weighted by Crippen LogP contribution is 2.20. The van der Waals surface area contributed by atoms with Gasteiger partial charge in [-0.15, -0.1) is 0 Å². The van der Waals surface area contributed by atoms with E-state index in [0.717, 1.165) is 17.7 Å². The fraction of sp³-hybridized carbons (Fsp3) is 0.375. The predicted octanol–water partition coefficient (Wildman–Crippen LogP) is 2.22. The van der Waals surface area contributed by atoms with Gasteiger partial charge in [-0.3, -0.25) is 9.89 Å². The Bertz CT molecular complexity index is 566. The van der Waals surface area contributed by atoms with Gasteiger partial charge in [0.2, 0.25) is 0 Å². The predicted molar refractivity (Wildman–Crippen MR) is 81.8 cm³/mol. The summed E-state index contributed by atoms with van der Waals surface area (Å²) >= 11 is 0. The van der Waals surface area contributed by atoms with Gasteiger partial charge in [0.05, 0.1) is 17.5 Å². The molecule has 0 saturated carbocycles. The Hall–Kier alpha value is -2.14. The zero-order chi connectivity index (χ0) is 15.1. The molecule has 0 saturated heterocycles. The minimum Gasteiger partial charge on any atom is -0.396 e. The van der Waals surface area contributed by atoms with Gasteiger partial charge in [-0.25, -0.2) is 0 Å². The first-order chi connectivity index (χ1) is 10.3. The average molecular weight is 287 g/mol. The van der Waals surface area contributed by atoms with Gasteiger partial charge in [0.25, 0.3) is 5.91 Å². The molecule has 1 heterocycles. The van der Waals surface area contributed by atoms with Crippen molar-refractivity contribution in [1.29, 1.82) is 0 Å². The first-order valence-corrected chi connectivity index (χ1v) is 7.24. The Morgan fingerprint density at radius 3 is 2.81 bits per heavy atom. The quantitative estimate of drug-likeness (QED) is 0.730. The Balaban J connectivity index is 2.06. The second kappa shape index (κ2) is 7.59. The standard InChI is InChI=1S/C16H21N3O2/c1-2-12(8-9-20)10-17-16(21)14-11-18-19-15(14)13-6-4-3-5-7-13/h3-7,11-12,20H,2,8-10H2,1H3,(H,17,21)(H,18,19). The van der Waals surface area contributed by atoms with Gasteiger partial charge in [-0.05, 0) is 12.3 Å². The number of hydrogen-bond acceptors (Lipinski definition) is 3. The van der Waals surface area contributed by atoms with Crippen LogP contribution in [0.4, 0.5) is 0 Å². The van der Waals surface area contributed by atoms with Gasteiger partial charge in [0.15, 0.2) is 0 Å². The number of rotatable bonds is 7. The molecule has 5 heteroatoms. The van der Waals surface area contributed by atoms with Gasteiger partial charge in [0.1, 0.15) is 0 Å². The third-order valence-corrected chi connectivity index (χ3v) is 3.61. The molecule has 1 aromatic carbocycles. The van der Waals surface area contributed by atoms with Crippen LogP contribution in [0.25, 0.3) is 11.3 Å². The summed E-state index contributed by atoms with van der Waals surface area (Å²) in [6, 6.07) is 9.65. The number of nitrogens with one attached hydrogen (secondary N) is 2. The van der Waals surface area contributed by atoms with Gasteiger partial charge in [-0.2, -0.15) is 5.10 Å². The fourth-order valence-corrected chi connectivity index (χ4v) is 2.25. The van der Waals surface area contributed by atoms with E-state index < -0.39 is 0 Å². The minimum absolute atomic E-state index is 0.140. The van der Waals surface area contributed by atoms with Crippen molar-refractivity contribution in [1.82, 2.24) is 15.5 Å². The van der Waals surface area contributed by atoms with E-state index in [2.05, 4.69) is 22.4 Å². The number of aliphatic hydroxyl groups is 1. The molecule has 21 heavy (non-hydrogen) atoms. The Labute approximate surface area is 124 Å². The number of aromatic amines is 1. The fourth-order valence-electron chi connectivity index (χ4n) is 2.25. The zero-order valence-electron chi connectivity index (χ0n) is 12.2. The van der Waals surface area contributed by atoms with Crippen molar-refractivity contribution in [2.24, 2.45) is 5.92 Å². The molecule has 0 spiro atoms. The van der Waals surface area contributed by atoms with Gasteiger partial charge >= 0.3 is 0 Å². The SMILES string of the molecule is CCC(CCO)CNC(=O)c1cn[nH]c1-c1ccccc1. The average Bonchev–Trinajstić information content (AvgIpc) is 3.01. The second-order valence-corrected chi connectivity index (χ2v) is 5.02. The van der Waals surface area contributed by atoms with E-state index in [1.807, 2.05) is 30.3 Å². The monoisotopic (exact) mass is 287 g/mol. The topological polar surface area (TPSA) is 78.0 Å². The normalized spacial score (nSPS) is 12.1. The van der Waals surface area contributed by atoms with E-state index >= 15 is 0 Å². The van der Waals surface area contributed by atoms with Crippen LogP contribution in [0.3, 0.4) is 0 Å². The van der Waals surface area contributed by atoms with Crippen LogP contribution in [0.15, 0.2) is 36.5 Å². The van der Waals surface area contributed by atoms with E-state index in [1.165, 1.54) is 0 Å². The van der Waals surface area contributed by atoms with Crippen molar-refractivity contribution in [3.05, 3.63) is 42.1 Å². The van der Waals surface area contributed by atoms with Crippen LogP contribution < -0.4 is 5.32 Å². The van der Waals surface area contributed by atoms with Crippen molar-refractivity contribution >= 4 is 5.91 Å². The summed E-state index contributed by atoms with van der Waals surface area (Å²) in [6.45, 7) is 2.77. The number of carbonyl (C=O) groups excluding carboxylic acids is 1. The molecule has 1 unspecified atom stereocenters. The van der Waals surface area contributed by atoms with Crippen molar-refractivity contribution in [2.45, 2.75) is 19.8 Å². The van der Waals surface area contributed by atoms with Crippen LogP contribution in [0, 0.1) is 5.92 Å². The molecule has 1 atom stereocenters. The molecule has 5 nitrogen and oxygen atoms in total. The molecular formula is C16H21N3O2. The number of carbonyl (C=O) groups is 1. The molecule has 2 aromatic rings. The highest BCUT2D eigenvalue weighted by molar-refractivity contribution is 5.99. The summed E-state index contributed by atoms with van der Waals surface area (Å²) in [5.74, 6) is 0.157. The first-order valence-electron chi connectivity index (χ1n) is 7.24. The smallest absolute Gasteiger partial charge is 0.255 e. The maximum Gasteiger partial charge on any atom is 0.255 e. The van der Waals surface area contributed by atoms with Crippen molar-refractivity contribution < 1.29 is 9.90 Å². The third-order valence-electron chi connectivity index (χ3n) is 3.61. The highest BCUT2D eigenvalue weighted by atomic mass is 16.3. The lowest BCUT2D eigenvalue weighted by atomic mass is 10.0. The van der Waals surface area contributed by atoms with Gasteiger partial charge < -0.3 is 10.4 Å².